The Morgan fingerprint density at radius 3 is 2.68 bits per heavy atom. The second-order valence-corrected chi connectivity index (χ2v) is 8.54. The van der Waals surface area contributed by atoms with Gasteiger partial charge in [-0.1, -0.05) is 0 Å². The van der Waals surface area contributed by atoms with Gasteiger partial charge < -0.3 is 19.9 Å². The standard InChI is InChI=1S/C21H25FN6O5S/c1-21(10-17(30)23-12-21)27-18(28-24-5-6-25-28)19(34)26(20(27)31)11-16(33-8-7-29)14-9-13(22)3-4-15(14)32-2/h3-6,9,16,29,34H,7-8,10-12H2,1-2H3,(H,23,30)/t16-,21-/m0/s1. The number of aliphatic hydroxyl groups is 1. The number of hydrogen-bond acceptors (Lipinski definition) is 8. The largest absolute Gasteiger partial charge is 0.496 e. The summed E-state index contributed by atoms with van der Waals surface area (Å²) in [6, 6.07) is 3.98. The van der Waals surface area contributed by atoms with Gasteiger partial charge in [-0.25, -0.2) is 9.18 Å². The van der Waals surface area contributed by atoms with E-state index in [1.54, 1.807) is 6.92 Å². The Hall–Kier alpha value is -3.16. The molecule has 0 saturated carbocycles. The van der Waals surface area contributed by atoms with Crippen LogP contribution in [0.15, 0.2) is 40.4 Å². The molecular formula is C21H25FN6O5S. The number of nitrogens with one attached hydrogen (secondary N) is 1. The number of ether oxygens (including phenoxy) is 2. The third-order valence-corrected chi connectivity index (χ3v) is 6.18. The predicted molar refractivity (Wildman–Crippen MR) is 121 cm³/mol. The summed E-state index contributed by atoms with van der Waals surface area (Å²) in [6.45, 7) is 1.62. The summed E-state index contributed by atoms with van der Waals surface area (Å²) in [6.07, 6.45) is 2.15. The van der Waals surface area contributed by atoms with Crippen LogP contribution in [0, 0.1) is 5.82 Å². The zero-order valence-electron chi connectivity index (χ0n) is 18.6. The highest BCUT2D eigenvalue weighted by Crippen LogP contribution is 2.33. The van der Waals surface area contributed by atoms with Gasteiger partial charge in [0, 0.05) is 12.1 Å². The number of aliphatic hydroxyl groups excluding tert-OH is 1. The molecule has 1 amide bonds. The molecule has 3 heterocycles. The number of methoxy groups -OCH3 is 1. The first-order valence-electron chi connectivity index (χ1n) is 10.5. The first-order chi connectivity index (χ1) is 16.3. The summed E-state index contributed by atoms with van der Waals surface area (Å²) in [5, 5.41) is 20.6. The summed E-state index contributed by atoms with van der Waals surface area (Å²) < 4.78 is 28.1. The van der Waals surface area contributed by atoms with Gasteiger partial charge in [-0.05, 0) is 25.1 Å². The molecule has 11 nitrogen and oxygen atoms in total. The van der Waals surface area contributed by atoms with Crippen molar-refractivity contribution in [2.75, 3.05) is 26.9 Å². The maximum atomic E-state index is 14.1. The van der Waals surface area contributed by atoms with Crippen LogP contribution in [0.3, 0.4) is 0 Å². The molecule has 1 aliphatic heterocycles. The molecule has 1 fully saturated rings. The number of thiol groups is 1. The van der Waals surface area contributed by atoms with Crippen LogP contribution in [0.1, 0.15) is 25.0 Å². The molecule has 4 rings (SSSR count). The number of hydrogen-bond donors (Lipinski definition) is 3. The molecule has 1 aliphatic rings. The Bertz CT molecular complexity index is 1240. The third-order valence-electron chi connectivity index (χ3n) is 5.74. The van der Waals surface area contributed by atoms with E-state index in [0.717, 1.165) is 0 Å². The van der Waals surface area contributed by atoms with Crippen LogP contribution in [-0.4, -0.2) is 62.0 Å². The van der Waals surface area contributed by atoms with Crippen molar-refractivity contribution in [1.29, 1.82) is 0 Å². The number of carbonyl (C=O) groups excluding carboxylic acids is 1. The Morgan fingerprint density at radius 2 is 2.06 bits per heavy atom. The number of nitrogens with zero attached hydrogens (tertiary/aromatic N) is 5. The number of amides is 1. The van der Waals surface area contributed by atoms with E-state index in [-0.39, 0.29) is 49.5 Å². The highest BCUT2D eigenvalue weighted by molar-refractivity contribution is 7.80. The molecule has 0 aliphatic carbocycles. The van der Waals surface area contributed by atoms with Crippen molar-refractivity contribution in [2.45, 2.75) is 36.6 Å². The van der Waals surface area contributed by atoms with Crippen molar-refractivity contribution >= 4 is 18.5 Å². The highest BCUT2D eigenvalue weighted by atomic mass is 32.1. The molecule has 1 saturated heterocycles. The number of aromatic nitrogens is 5. The van der Waals surface area contributed by atoms with Gasteiger partial charge >= 0.3 is 5.69 Å². The van der Waals surface area contributed by atoms with Gasteiger partial charge in [-0.15, -0.1) is 17.4 Å². The van der Waals surface area contributed by atoms with E-state index in [2.05, 4.69) is 28.1 Å². The first-order valence-corrected chi connectivity index (χ1v) is 11.0. The molecule has 1 aromatic carbocycles. The summed E-state index contributed by atoms with van der Waals surface area (Å²) in [7, 11) is 1.44. The summed E-state index contributed by atoms with van der Waals surface area (Å²) >= 11 is 4.61. The van der Waals surface area contributed by atoms with Crippen LogP contribution in [0.25, 0.3) is 5.82 Å². The lowest BCUT2D eigenvalue weighted by Crippen LogP contribution is -2.42. The Balaban J connectivity index is 1.85. The van der Waals surface area contributed by atoms with Gasteiger partial charge in [0.15, 0.2) is 5.82 Å². The van der Waals surface area contributed by atoms with E-state index in [1.807, 2.05) is 0 Å². The average Bonchev–Trinajstić information content (AvgIpc) is 3.51. The fourth-order valence-corrected chi connectivity index (χ4v) is 4.51. The minimum atomic E-state index is -0.891. The second-order valence-electron chi connectivity index (χ2n) is 8.11. The number of carbonyl (C=O) groups is 1. The van der Waals surface area contributed by atoms with Gasteiger partial charge in [0.2, 0.25) is 5.91 Å². The van der Waals surface area contributed by atoms with E-state index in [0.29, 0.717) is 11.3 Å². The number of benzene rings is 1. The van der Waals surface area contributed by atoms with E-state index in [9.17, 15) is 19.1 Å². The highest BCUT2D eigenvalue weighted by Gasteiger charge is 2.41. The Labute approximate surface area is 199 Å². The Morgan fingerprint density at radius 1 is 1.32 bits per heavy atom. The van der Waals surface area contributed by atoms with Crippen molar-refractivity contribution in [3.8, 4) is 11.6 Å². The van der Waals surface area contributed by atoms with Crippen molar-refractivity contribution in [1.82, 2.24) is 29.4 Å². The van der Waals surface area contributed by atoms with Gasteiger partial charge in [-0.3, -0.25) is 13.9 Å². The van der Waals surface area contributed by atoms with Gasteiger partial charge in [0.05, 0.1) is 51.2 Å². The van der Waals surface area contributed by atoms with Crippen LogP contribution >= 0.6 is 12.6 Å². The van der Waals surface area contributed by atoms with Gasteiger partial charge in [0.1, 0.15) is 22.7 Å². The molecule has 2 atom stereocenters. The van der Waals surface area contributed by atoms with E-state index in [1.165, 1.54) is 51.6 Å². The maximum absolute atomic E-state index is 14.1. The smallest absolute Gasteiger partial charge is 0.331 e. The third kappa shape index (κ3) is 4.33. The Kier molecular flexibility index (Phi) is 6.77. The minimum absolute atomic E-state index is 0.0502. The minimum Gasteiger partial charge on any atom is -0.496 e. The summed E-state index contributed by atoms with van der Waals surface area (Å²) in [5.41, 5.74) is -0.993. The molecule has 34 heavy (non-hydrogen) atoms. The number of halogens is 1. The second kappa shape index (κ2) is 9.60. The lowest BCUT2D eigenvalue weighted by Gasteiger charge is -2.24. The molecule has 0 spiro atoms. The van der Waals surface area contributed by atoms with E-state index >= 15 is 0 Å². The van der Waals surface area contributed by atoms with E-state index < -0.39 is 23.1 Å². The topological polar surface area (TPSA) is 125 Å². The summed E-state index contributed by atoms with van der Waals surface area (Å²) in [4.78, 5) is 27.0. The van der Waals surface area contributed by atoms with Gasteiger partial charge in [-0.2, -0.15) is 10.2 Å². The van der Waals surface area contributed by atoms with Crippen LogP contribution in [0.4, 0.5) is 4.39 Å². The monoisotopic (exact) mass is 492 g/mol. The molecule has 2 N–H and O–H groups in total. The molecule has 0 radical (unpaired) electrons. The molecule has 182 valence electrons. The van der Waals surface area contributed by atoms with Gasteiger partial charge in [0.25, 0.3) is 0 Å². The maximum Gasteiger partial charge on any atom is 0.331 e. The molecule has 13 heteroatoms. The molecule has 0 bridgehead atoms. The van der Waals surface area contributed by atoms with Crippen molar-refractivity contribution in [3.05, 3.63) is 52.5 Å². The quantitative estimate of drug-likeness (QED) is 0.375. The predicted octanol–water partition coefficient (Wildman–Crippen LogP) is 0.652. The molecule has 2 aromatic heterocycles. The average molecular weight is 493 g/mol. The normalized spacial score (nSPS) is 18.8. The van der Waals surface area contributed by atoms with Crippen LogP contribution in [0.5, 0.6) is 5.75 Å². The zero-order chi connectivity index (χ0) is 24.5. The number of rotatable bonds is 9. The van der Waals surface area contributed by atoms with Crippen LogP contribution in [0.2, 0.25) is 0 Å². The molecule has 3 aromatic rings. The lowest BCUT2D eigenvalue weighted by molar-refractivity contribution is -0.119. The summed E-state index contributed by atoms with van der Waals surface area (Å²) in [5.74, 6) is -0.0433. The number of imidazole rings is 1. The molecule has 0 unspecified atom stereocenters. The lowest BCUT2D eigenvalue weighted by atomic mass is 10.0. The SMILES string of the molecule is COc1ccc(F)cc1[C@H](Cn1c(S)c(-n2nccn2)n([C@]2(C)CNC(=O)C2)c1=O)OCCO. The van der Waals surface area contributed by atoms with Crippen molar-refractivity contribution in [2.24, 2.45) is 0 Å². The zero-order valence-corrected chi connectivity index (χ0v) is 19.5. The first kappa shape index (κ1) is 24.0. The van der Waals surface area contributed by atoms with Crippen LogP contribution < -0.4 is 15.7 Å². The fourth-order valence-electron chi connectivity index (χ4n) is 4.15. The van der Waals surface area contributed by atoms with E-state index in [4.69, 9.17) is 9.47 Å². The van der Waals surface area contributed by atoms with Crippen molar-refractivity contribution in [3.63, 3.8) is 0 Å². The fraction of sp³-hybridized carbons (Fsp3) is 0.429. The van der Waals surface area contributed by atoms with Crippen LogP contribution in [-0.2, 0) is 21.6 Å². The molecular weight excluding hydrogens is 467 g/mol. The van der Waals surface area contributed by atoms with Crippen molar-refractivity contribution < 1.29 is 23.8 Å².